The van der Waals surface area contributed by atoms with Crippen molar-refractivity contribution >= 4 is 51.7 Å². The molecule has 4 aromatic carbocycles. The Balaban J connectivity index is 1.43. The molecule has 1 aliphatic heterocycles. The van der Waals surface area contributed by atoms with E-state index in [0.717, 1.165) is 22.9 Å². The van der Waals surface area contributed by atoms with E-state index >= 15 is 0 Å². The van der Waals surface area contributed by atoms with Gasteiger partial charge in [-0.1, -0.05) is 61.5 Å². The average molecular weight is 581 g/mol. The highest BCUT2D eigenvalue weighted by molar-refractivity contribution is 7.80. The molecule has 0 radical (unpaired) electrons. The number of carbonyl (C=O) groups is 2. The quantitative estimate of drug-likeness (QED) is 0.120. The van der Waals surface area contributed by atoms with Crippen LogP contribution in [0, 0.1) is 0 Å². The van der Waals surface area contributed by atoms with Crippen LogP contribution in [0.2, 0.25) is 0 Å². The number of amides is 1. The second kappa shape index (κ2) is 12.9. The van der Waals surface area contributed by atoms with Gasteiger partial charge in [-0.25, -0.2) is 0 Å². The fourth-order valence-corrected chi connectivity index (χ4v) is 5.14. The Morgan fingerprint density at radius 2 is 1.60 bits per heavy atom. The van der Waals surface area contributed by atoms with Crippen LogP contribution in [0.1, 0.15) is 30.5 Å². The fourth-order valence-electron chi connectivity index (χ4n) is 4.78. The summed E-state index contributed by atoms with van der Waals surface area (Å²) < 4.78 is 16.9. The first kappa shape index (κ1) is 28.8. The number of aryl methyl sites for hydroxylation is 1. The van der Waals surface area contributed by atoms with Gasteiger partial charge in [0.1, 0.15) is 18.8 Å². The van der Waals surface area contributed by atoms with Crippen LogP contribution in [0.4, 0.5) is 5.69 Å². The average Bonchev–Trinajstić information content (AvgIpc) is 3.24. The van der Waals surface area contributed by atoms with Gasteiger partial charge in [-0.15, -0.1) is 0 Å². The lowest BCUT2D eigenvalue weighted by Gasteiger charge is -2.19. The van der Waals surface area contributed by atoms with E-state index in [1.54, 1.807) is 6.08 Å². The van der Waals surface area contributed by atoms with Gasteiger partial charge in [0.15, 0.2) is 16.6 Å². The molecule has 214 valence electrons. The molecule has 0 spiro atoms. The number of anilines is 1. The highest BCUT2D eigenvalue weighted by Gasteiger charge is 2.40. The van der Waals surface area contributed by atoms with Crippen LogP contribution in [0.3, 0.4) is 0 Å². The van der Waals surface area contributed by atoms with Gasteiger partial charge in [0.05, 0.1) is 19.4 Å². The zero-order valence-electron chi connectivity index (χ0n) is 23.8. The van der Waals surface area contributed by atoms with Crippen molar-refractivity contribution in [1.29, 1.82) is 0 Å². The molecular weight excluding hydrogens is 548 g/mol. The number of thiocarbonyl (C=S) groups is 1. The van der Waals surface area contributed by atoms with E-state index in [2.05, 4.69) is 31.2 Å². The molecule has 8 heteroatoms. The molecule has 0 bridgehead atoms. The number of nitrogens with zero attached hydrogens (tertiary/aromatic N) is 2. The minimum absolute atomic E-state index is 0.193. The van der Waals surface area contributed by atoms with E-state index in [4.69, 9.17) is 26.4 Å². The molecule has 1 fully saturated rings. The largest absolute Gasteiger partial charge is 0.490 e. The van der Waals surface area contributed by atoms with Gasteiger partial charge >= 0.3 is 5.97 Å². The van der Waals surface area contributed by atoms with E-state index in [0.29, 0.717) is 36.0 Å². The van der Waals surface area contributed by atoms with Crippen LogP contribution in [-0.4, -0.2) is 42.2 Å². The number of hydrogen-bond donors (Lipinski definition) is 0. The summed E-state index contributed by atoms with van der Waals surface area (Å²) >= 11 is 5.68. The third-order valence-electron chi connectivity index (χ3n) is 7.03. The Morgan fingerprint density at radius 1 is 0.857 bits per heavy atom. The summed E-state index contributed by atoms with van der Waals surface area (Å²) in [5.74, 6) is 0.297. The number of fused-ring (bicyclic) bond motifs is 1. The van der Waals surface area contributed by atoms with Crippen LogP contribution in [0.15, 0.2) is 90.6 Å². The second-order valence-electron chi connectivity index (χ2n) is 9.74. The van der Waals surface area contributed by atoms with Crippen LogP contribution >= 0.6 is 12.2 Å². The lowest BCUT2D eigenvalue weighted by molar-refractivity contribution is -0.140. The Hall–Kier alpha value is -4.69. The van der Waals surface area contributed by atoms with Crippen molar-refractivity contribution in [2.24, 2.45) is 0 Å². The van der Waals surface area contributed by atoms with Gasteiger partial charge in [-0.05, 0) is 89.4 Å². The Labute approximate surface area is 250 Å². The molecule has 5 rings (SSSR count). The minimum Gasteiger partial charge on any atom is -0.490 e. The fraction of sp³-hybridized carbons (Fsp3) is 0.206. The van der Waals surface area contributed by atoms with Gasteiger partial charge in [0, 0.05) is 0 Å². The Bertz CT molecular complexity index is 1660. The maximum atomic E-state index is 13.7. The van der Waals surface area contributed by atoms with Crippen LogP contribution < -0.4 is 14.4 Å². The standard InChI is InChI=1S/C34H32N2O5S/c1-4-23-11-15-28(16-12-23)36-33(38)29(35(34(36)42)21-32(37)39-3)19-24-13-17-30(31(20-24)40-5-2)41-22-25-10-14-26-8-6-7-9-27(26)18-25/h6-20H,4-5,21-22H2,1-3H3/b29-19-. The van der Waals surface area contributed by atoms with E-state index in [1.807, 2.05) is 67.6 Å². The zero-order chi connectivity index (χ0) is 29.6. The molecule has 1 heterocycles. The Morgan fingerprint density at radius 3 is 2.31 bits per heavy atom. The number of ether oxygens (including phenoxy) is 3. The van der Waals surface area contributed by atoms with Crippen molar-refractivity contribution in [2.75, 3.05) is 25.2 Å². The monoisotopic (exact) mass is 580 g/mol. The van der Waals surface area contributed by atoms with Crippen molar-refractivity contribution in [3.63, 3.8) is 0 Å². The SMILES string of the molecule is CCOc1cc(/C=C2/C(=O)N(c3ccc(CC)cc3)C(=S)N2CC(=O)OC)ccc1OCc1ccc2ccccc2c1. The van der Waals surface area contributed by atoms with Gasteiger partial charge in [0.25, 0.3) is 5.91 Å². The van der Waals surface area contributed by atoms with Crippen LogP contribution in [-0.2, 0) is 27.4 Å². The van der Waals surface area contributed by atoms with E-state index in [9.17, 15) is 9.59 Å². The van der Waals surface area contributed by atoms with E-state index in [1.165, 1.54) is 22.3 Å². The smallest absolute Gasteiger partial charge is 0.325 e. The van der Waals surface area contributed by atoms with Crippen molar-refractivity contribution in [1.82, 2.24) is 4.90 Å². The number of carbonyl (C=O) groups excluding carboxylic acids is 2. The van der Waals surface area contributed by atoms with E-state index in [-0.39, 0.29) is 23.3 Å². The number of hydrogen-bond acceptors (Lipinski definition) is 6. The summed E-state index contributed by atoms with van der Waals surface area (Å²) in [5, 5.41) is 2.53. The molecule has 0 aromatic heterocycles. The maximum absolute atomic E-state index is 13.7. The molecule has 0 saturated carbocycles. The first-order valence-electron chi connectivity index (χ1n) is 13.8. The highest BCUT2D eigenvalue weighted by atomic mass is 32.1. The molecule has 0 atom stereocenters. The van der Waals surface area contributed by atoms with Crippen molar-refractivity contribution < 1.29 is 23.8 Å². The lowest BCUT2D eigenvalue weighted by Crippen LogP contribution is -2.35. The highest BCUT2D eigenvalue weighted by Crippen LogP contribution is 2.33. The summed E-state index contributed by atoms with van der Waals surface area (Å²) in [6.07, 6.45) is 2.58. The number of rotatable bonds is 10. The molecule has 42 heavy (non-hydrogen) atoms. The summed E-state index contributed by atoms with van der Waals surface area (Å²) in [6.45, 7) is 4.58. The topological polar surface area (TPSA) is 68.3 Å². The second-order valence-corrected chi connectivity index (χ2v) is 10.1. The molecule has 1 amide bonds. The predicted octanol–water partition coefficient (Wildman–Crippen LogP) is 6.53. The van der Waals surface area contributed by atoms with Gasteiger partial charge in [-0.2, -0.15) is 0 Å². The summed E-state index contributed by atoms with van der Waals surface area (Å²) in [4.78, 5) is 28.9. The minimum atomic E-state index is -0.508. The van der Waals surface area contributed by atoms with E-state index < -0.39 is 5.97 Å². The predicted molar refractivity (Wildman–Crippen MR) is 168 cm³/mol. The lowest BCUT2D eigenvalue weighted by atomic mass is 10.1. The molecule has 1 saturated heterocycles. The van der Waals surface area contributed by atoms with Gasteiger partial charge in [0.2, 0.25) is 0 Å². The molecule has 0 N–H and O–H groups in total. The number of methoxy groups -OCH3 is 1. The van der Waals surface area contributed by atoms with Gasteiger partial charge < -0.3 is 19.1 Å². The van der Waals surface area contributed by atoms with Crippen molar-refractivity contribution in [3.05, 3.63) is 107 Å². The first-order chi connectivity index (χ1) is 20.4. The van der Waals surface area contributed by atoms with Crippen LogP contribution in [0.25, 0.3) is 16.8 Å². The summed E-state index contributed by atoms with van der Waals surface area (Å²) in [5.41, 5.74) is 3.77. The third kappa shape index (κ3) is 6.14. The summed E-state index contributed by atoms with van der Waals surface area (Å²) in [7, 11) is 1.30. The maximum Gasteiger partial charge on any atom is 0.325 e. The van der Waals surface area contributed by atoms with Crippen LogP contribution in [0.5, 0.6) is 11.5 Å². The Kier molecular flexibility index (Phi) is 8.83. The normalized spacial score (nSPS) is 14.1. The van der Waals surface area contributed by atoms with Crippen molar-refractivity contribution in [3.8, 4) is 11.5 Å². The molecule has 0 unspecified atom stereocenters. The third-order valence-corrected chi connectivity index (χ3v) is 7.44. The molecule has 7 nitrogen and oxygen atoms in total. The number of benzene rings is 4. The number of esters is 1. The molecule has 0 aliphatic carbocycles. The van der Waals surface area contributed by atoms with Crippen molar-refractivity contribution in [2.45, 2.75) is 26.9 Å². The molecule has 1 aliphatic rings. The zero-order valence-corrected chi connectivity index (χ0v) is 24.6. The molecule has 4 aromatic rings. The summed E-state index contributed by atoms with van der Waals surface area (Å²) in [6, 6.07) is 27.6. The molecular formula is C34H32N2O5S. The van der Waals surface area contributed by atoms with Gasteiger partial charge in [-0.3, -0.25) is 14.5 Å². The first-order valence-corrected chi connectivity index (χ1v) is 14.2.